The number of thioether (sulfide) groups is 1. The third kappa shape index (κ3) is 3.40. The predicted octanol–water partition coefficient (Wildman–Crippen LogP) is 1.73. The van der Waals surface area contributed by atoms with Gasteiger partial charge in [0.1, 0.15) is 0 Å². The van der Waals surface area contributed by atoms with Crippen LogP contribution in [0, 0.1) is 0 Å². The van der Waals surface area contributed by atoms with Crippen LogP contribution in [0.15, 0.2) is 29.2 Å². The Labute approximate surface area is 87.5 Å². The van der Waals surface area contributed by atoms with Gasteiger partial charge in [0.15, 0.2) is 0 Å². The van der Waals surface area contributed by atoms with E-state index in [2.05, 4.69) is 5.32 Å². The van der Waals surface area contributed by atoms with E-state index in [4.69, 9.17) is 5.11 Å². The molecular formula is C10H13NO2S. The summed E-state index contributed by atoms with van der Waals surface area (Å²) in [6, 6.07) is 7.55. The molecule has 76 valence electrons. The molecule has 0 fully saturated rings. The van der Waals surface area contributed by atoms with Gasteiger partial charge in [-0.25, -0.2) is 0 Å². The van der Waals surface area contributed by atoms with Crippen LogP contribution in [0.4, 0.5) is 5.69 Å². The molecular weight excluding hydrogens is 198 g/mol. The Balaban J connectivity index is 2.74. The monoisotopic (exact) mass is 211 g/mol. The SMILES string of the molecule is CC(=O)Nc1ccccc1SCCO. The maximum atomic E-state index is 10.9. The molecule has 0 spiro atoms. The Kier molecular flexibility index (Phi) is 4.49. The second kappa shape index (κ2) is 5.67. The van der Waals surface area contributed by atoms with Gasteiger partial charge in [0.25, 0.3) is 0 Å². The zero-order valence-corrected chi connectivity index (χ0v) is 8.80. The predicted molar refractivity (Wildman–Crippen MR) is 58.6 cm³/mol. The van der Waals surface area contributed by atoms with Crippen molar-refractivity contribution in [3.05, 3.63) is 24.3 Å². The van der Waals surface area contributed by atoms with Crippen molar-refractivity contribution in [3.8, 4) is 0 Å². The van der Waals surface area contributed by atoms with Gasteiger partial charge in [0.05, 0.1) is 12.3 Å². The van der Waals surface area contributed by atoms with Crippen molar-refractivity contribution in [1.29, 1.82) is 0 Å². The van der Waals surface area contributed by atoms with Crippen LogP contribution in [0.2, 0.25) is 0 Å². The van der Waals surface area contributed by atoms with Gasteiger partial charge >= 0.3 is 0 Å². The molecule has 1 amide bonds. The van der Waals surface area contributed by atoms with E-state index >= 15 is 0 Å². The topological polar surface area (TPSA) is 49.3 Å². The van der Waals surface area contributed by atoms with E-state index in [0.29, 0.717) is 5.75 Å². The maximum Gasteiger partial charge on any atom is 0.221 e. The van der Waals surface area contributed by atoms with Crippen molar-refractivity contribution in [2.45, 2.75) is 11.8 Å². The van der Waals surface area contributed by atoms with Gasteiger partial charge in [-0.3, -0.25) is 4.79 Å². The fourth-order valence-electron chi connectivity index (χ4n) is 1.04. The average molecular weight is 211 g/mol. The Bertz CT molecular complexity index is 315. The molecule has 0 unspecified atom stereocenters. The summed E-state index contributed by atoms with van der Waals surface area (Å²) in [6.07, 6.45) is 0. The van der Waals surface area contributed by atoms with Gasteiger partial charge in [-0.2, -0.15) is 0 Å². The van der Waals surface area contributed by atoms with E-state index in [9.17, 15) is 4.79 Å². The molecule has 0 aliphatic heterocycles. The third-order valence-corrected chi connectivity index (χ3v) is 2.60. The number of hydrogen-bond donors (Lipinski definition) is 2. The van der Waals surface area contributed by atoms with Crippen molar-refractivity contribution >= 4 is 23.4 Å². The van der Waals surface area contributed by atoms with Gasteiger partial charge in [-0.15, -0.1) is 11.8 Å². The second-order valence-electron chi connectivity index (χ2n) is 2.75. The summed E-state index contributed by atoms with van der Waals surface area (Å²) in [5.74, 6) is 0.554. The lowest BCUT2D eigenvalue weighted by Crippen LogP contribution is -2.06. The number of anilines is 1. The molecule has 0 heterocycles. The largest absolute Gasteiger partial charge is 0.396 e. The quantitative estimate of drug-likeness (QED) is 0.746. The summed E-state index contributed by atoms with van der Waals surface area (Å²) < 4.78 is 0. The molecule has 14 heavy (non-hydrogen) atoms. The number of benzene rings is 1. The number of amides is 1. The van der Waals surface area contributed by atoms with Gasteiger partial charge in [-0.1, -0.05) is 12.1 Å². The first-order chi connectivity index (χ1) is 6.74. The number of aliphatic hydroxyl groups excluding tert-OH is 1. The number of nitrogens with one attached hydrogen (secondary N) is 1. The Hall–Kier alpha value is -1.00. The zero-order chi connectivity index (χ0) is 10.4. The van der Waals surface area contributed by atoms with Gasteiger partial charge in [0.2, 0.25) is 5.91 Å². The molecule has 0 atom stereocenters. The standard InChI is InChI=1S/C10H13NO2S/c1-8(13)11-9-4-2-3-5-10(9)14-7-6-12/h2-5,12H,6-7H2,1H3,(H,11,13). The van der Waals surface area contributed by atoms with Crippen LogP contribution in [-0.4, -0.2) is 23.4 Å². The lowest BCUT2D eigenvalue weighted by atomic mass is 10.3. The Morgan fingerprint density at radius 3 is 2.86 bits per heavy atom. The molecule has 0 saturated heterocycles. The van der Waals surface area contributed by atoms with Crippen molar-refractivity contribution in [3.63, 3.8) is 0 Å². The lowest BCUT2D eigenvalue weighted by molar-refractivity contribution is -0.114. The van der Waals surface area contributed by atoms with E-state index < -0.39 is 0 Å². The summed E-state index contributed by atoms with van der Waals surface area (Å²) in [5.41, 5.74) is 0.804. The molecule has 0 bridgehead atoms. The molecule has 0 aliphatic carbocycles. The average Bonchev–Trinajstić information content (AvgIpc) is 2.16. The fraction of sp³-hybridized carbons (Fsp3) is 0.300. The molecule has 0 aromatic heterocycles. The molecule has 0 saturated carbocycles. The highest BCUT2D eigenvalue weighted by molar-refractivity contribution is 7.99. The van der Waals surface area contributed by atoms with E-state index in [1.165, 1.54) is 18.7 Å². The van der Waals surface area contributed by atoms with E-state index in [0.717, 1.165) is 10.6 Å². The van der Waals surface area contributed by atoms with Crippen LogP contribution in [-0.2, 0) is 4.79 Å². The first-order valence-electron chi connectivity index (χ1n) is 4.34. The van der Waals surface area contributed by atoms with Gasteiger partial charge in [0, 0.05) is 17.6 Å². The molecule has 2 N–H and O–H groups in total. The molecule has 0 radical (unpaired) electrons. The summed E-state index contributed by atoms with van der Waals surface area (Å²) in [5, 5.41) is 11.4. The minimum atomic E-state index is -0.0814. The van der Waals surface area contributed by atoms with E-state index in [-0.39, 0.29) is 12.5 Å². The first-order valence-corrected chi connectivity index (χ1v) is 5.33. The number of para-hydroxylation sites is 1. The van der Waals surface area contributed by atoms with Crippen molar-refractivity contribution in [2.75, 3.05) is 17.7 Å². The van der Waals surface area contributed by atoms with Crippen LogP contribution in [0.3, 0.4) is 0 Å². The van der Waals surface area contributed by atoms with Gasteiger partial charge < -0.3 is 10.4 Å². The normalized spacial score (nSPS) is 9.86. The zero-order valence-electron chi connectivity index (χ0n) is 7.99. The molecule has 0 aliphatic rings. The molecule has 1 rings (SSSR count). The second-order valence-corrected chi connectivity index (χ2v) is 3.89. The minimum Gasteiger partial charge on any atom is -0.396 e. The van der Waals surface area contributed by atoms with Crippen LogP contribution < -0.4 is 5.32 Å². The number of aliphatic hydroxyl groups is 1. The van der Waals surface area contributed by atoms with E-state index in [1.807, 2.05) is 24.3 Å². The molecule has 4 heteroatoms. The minimum absolute atomic E-state index is 0.0814. The molecule has 1 aromatic carbocycles. The number of rotatable bonds is 4. The fourth-order valence-corrected chi connectivity index (χ4v) is 1.80. The van der Waals surface area contributed by atoms with Crippen molar-refractivity contribution < 1.29 is 9.90 Å². The number of carbonyl (C=O) groups excluding carboxylic acids is 1. The smallest absolute Gasteiger partial charge is 0.221 e. The summed E-state index contributed by atoms with van der Waals surface area (Å²) in [7, 11) is 0. The molecule has 3 nitrogen and oxygen atoms in total. The highest BCUT2D eigenvalue weighted by Gasteiger charge is 2.02. The van der Waals surface area contributed by atoms with Crippen LogP contribution in [0.1, 0.15) is 6.92 Å². The highest BCUT2D eigenvalue weighted by Crippen LogP contribution is 2.26. The van der Waals surface area contributed by atoms with Crippen LogP contribution in [0.25, 0.3) is 0 Å². The summed E-state index contributed by atoms with van der Waals surface area (Å²) in [4.78, 5) is 11.9. The highest BCUT2D eigenvalue weighted by atomic mass is 32.2. The van der Waals surface area contributed by atoms with Crippen molar-refractivity contribution in [2.24, 2.45) is 0 Å². The molecule has 1 aromatic rings. The summed E-state index contributed by atoms with van der Waals surface area (Å²) >= 11 is 1.52. The Morgan fingerprint density at radius 2 is 2.21 bits per heavy atom. The van der Waals surface area contributed by atoms with Crippen molar-refractivity contribution in [1.82, 2.24) is 0 Å². The lowest BCUT2D eigenvalue weighted by Gasteiger charge is -2.07. The third-order valence-electron chi connectivity index (χ3n) is 1.55. The number of hydrogen-bond acceptors (Lipinski definition) is 3. The maximum absolute atomic E-state index is 10.9. The number of carbonyl (C=O) groups is 1. The van der Waals surface area contributed by atoms with Gasteiger partial charge in [-0.05, 0) is 12.1 Å². The Morgan fingerprint density at radius 1 is 1.50 bits per heavy atom. The first kappa shape index (κ1) is 11.1. The van der Waals surface area contributed by atoms with Crippen LogP contribution >= 0.6 is 11.8 Å². The van der Waals surface area contributed by atoms with E-state index in [1.54, 1.807) is 0 Å². The van der Waals surface area contributed by atoms with Crippen LogP contribution in [0.5, 0.6) is 0 Å². The summed E-state index contributed by atoms with van der Waals surface area (Å²) in [6.45, 7) is 1.62.